The van der Waals surface area contributed by atoms with Crippen molar-refractivity contribution in [3.63, 3.8) is 0 Å². The van der Waals surface area contributed by atoms with Crippen molar-refractivity contribution in [3.05, 3.63) is 44.4 Å². The van der Waals surface area contributed by atoms with E-state index in [1.807, 2.05) is 4.98 Å². The molecule has 69 heavy (non-hydrogen) atoms. The Labute approximate surface area is 396 Å². The van der Waals surface area contributed by atoms with Gasteiger partial charge in [0, 0.05) is 30.3 Å². The molecule has 11 atom stereocenters. The van der Waals surface area contributed by atoms with Crippen molar-refractivity contribution in [1.29, 1.82) is 0 Å². The fraction of sp³-hybridized carbons (Fsp3) is 0.593. The van der Waals surface area contributed by atoms with Crippen LogP contribution in [0.1, 0.15) is 24.6 Å². The van der Waals surface area contributed by atoms with Crippen LogP contribution in [0.3, 0.4) is 0 Å². The highest BCUT2D eigenvalue weighted by atomic mass is 32.2. The van der Waals surface area contributed by atoms with Crippen molar-refractivity contribution < 1.29 is 117 Å². The number of amides is 2. The smallest absolute Gasteiger partial charge is 0.365 e. The summed E-state index contributed by atoms with van der Waals surface area (Å²) in [5, 5.41) is 2.63. The van der Waals surface area contributed by atoms with Crippen molar-refractivity contribution in [1.82, 2.24) is 19.8 Å². The number of hydrogen-bond acceptors (Lipinski definition) is 24. The number of aromatic nitrogens is 2. The van der Waals surface area contributed by atoms with Crippen LogP contribution in [0.4, 0.5) is 4.79 Å². The van der Waals surface area contributed by atoms with Gasteiger partial charge in [-0.25, -0.2) is 37.0 Å². The number of carbonyl (C=O) groups is 1. The van der Waals surface area contributed by atoms with E-state index >= 15 is 0 Å². The molecule has 7 unspecified atom stereocenters. The summed E-state index contributed by atoms with van der Waals surface area (Å²) in [6, 6.07) is -0.758. The molecule has 0 spiro atoms. The van der Waals surface area contributed by atoms with Gasteiger partial charge in [-0.3, -0.25) is 28.3 Å². The van der Waals surface area contributed by atoms with Gasteiger partial charge in [0.1, 0.15) is 36.4 Å². The molecule has 1 aromatic heterocycles. The Bertz CT molecular complexity index is 2590. The second kappa shape index (κ2) is 25.3. The number of H-pyrrole nitrogens is 1. The van der Waals surface area contributed by atoms with Gasteiger partial charge in [0.05, 0.1) is 56.0 Å². The summed E-state index contributed by atoms with van der Waals surface area (Å²) in [6.45, 7) is -2.12. The largest absolute Gasteiger partial charge is 0.490 e. The van der Waals surface area contributed by atoms with Crippen LogP contribution in [-0.4, -0.2) is 140 Å². The fourth-order valence-corrected chi connectivity index (χ4v) is 13.3. The minimum atomic E-state index is -5.89. The molecule has 2 amide bonds. The van der Waals surface area contributed by atoms with Crippen LogP contribution in [0, 0.1) is 23.7 Å². The standard InChI is InChI=1S/C27H43N7O27P6S2/c28-5-1-3-16-9-33(26(36)31-24(16)30)22-7-18(20(56-22)11-54-64(44,45)60-66(48,49)58-62(38,39)40)52-13-68-15-69-14-53-19-8-23(34-10-17(4-2-6-29)25(35)32-27(34)37)57-21(19)12-55-65(46,47)61-67(50,51)59-63(41,42)43/h9-10,18-24H,5-8,11-15,28-30H2,(H,31,36)(H,44,45)(H,46,47)(H,48,49)(H,50,51)(H,32,35,37)(H2,38,39,40)(H2,41,42,43)/t18?,19?,20-,21-,22-,23-,24?/m1/s1. The highest BCUT2D eigenvalue weighted by Crippen LogP contribution is 2.67. The van der Waals surface area contributed by atoms with Crippen LogP contribution in [-0.2, 0) is 72.6 Å². The molecule has 3 aliphatic heterocycles. The predicted molar refractivity (Wildman–Crippen MR) is 231 cm³/mol. The third-order valence-corrected chi connectivity index (χ3v) is 17.8. The molecule has 0 radical (unpaired) electrons. The lowest BCUT2D eigenvalue weighted by atomic mass is 10.1. The number of nitrogens with zero attached hydrogens (tertiary/aromatic N) is 2. The van der Waals surface area contributed by atoms with E-state index in [2.05, 4.69) is 46.2 Å². The zero-order valence-electron chi connectivity index (χ0n) is 34.5. The molecule has 42 heteroatoms. The second-order valence-corrected chi connectivity index (χ2v) is 24.4. The van der Waals surface area contributed by atoms with E-state index in [0.717, 1.165) is 39.2 Å². The van der Waals surface area contributed by atoms with Gasteiger partial charge in [-0.05, 0) is 0 Å². The third-order valence-electron chi connectivity index (χ3n) is 8.27. The highest BCUT2D eigenvalue weighted by molar-refractivity contribution is 8.15. The van der Waals surface area contributed by atoms with Crippen molar-refractivity contribution in [2.75, 3.05) is 43.3 Å². The van der Waals surface area contributed by atoms with E-state index < -0.39 is 120 Å². The number of nitrogens with one attached hydrogen (secondary N) is 2. The summed E-state index contributed by atoms with van der Waals surface area (Å²) in [5.41, 5.74) is 14.9. The summed E-state index contributed by atoms with van der Waals surface area (Å²) in [7, 11) is -34.4. The van der Waals surface area contributed by atoms with Gasteiger partial charge >= 0.3 is 58.7 Å². The first-order chi connectivity index (χ1) is 31.9. The maximum Gasteiger partial charge on any atom is 0.490 e. The Balaban J connectivity index is 1.41. The number of carbonyl (C=O) groups excluding carboxylic acids is 1. The third kappa shape index (κ3) is 20.1. The molecule has 0 saturated carbocycles. The Morgan fingerprint density at radius 2 is 1.19 bits per heavy atom. The number of thioether (sulfide) groups is 2. The number of urea groups is 1. The quantitative estimate of drug-likeness (QED) is 0.0235. The van der Waals surface area contributed by atoms with E-state index in [0.29, 0.717) is 0 Å². The molecule has 390 valence electrons. The molecule has 0 aromatic carbocycles. The Morgan fingerprint density at radius 3 is 1.68 bits per heavy atom. The van der Waals surface area contributed by atoms with E-state index in [1.54, 1.807) is 0 Å². The molecule has 3 aliphatic rings. The molecule has 2 fully saturated rings. The molecule has 0 aliphatic carbocycles. The lowest BCUT2D eigenvalue weighted by Crippen LogP contribution is -2.54. The second-order valence-electron chi connectivity index (χ2n) is 13.3. The molecule has 4 rings (SSSR count). The number of nitrogens with two attached hydrogens (primary N) is 3. The molecule has 4 heterocycles. The van der Waals surface area contributed by atoms with Crippen LogP contribution < -0.4 is 33.8 Å². The van der Waals surface area contributed by atoms with Crippen molar-refractivity contribution in [2.45, 2.75) is 55.9 Å². The molecule has 34 nitrogen and oxygen atoms in total. The predicted octanol–water partition coefficient (Wildman–Crippen LogP) is -1.80. The summed E-state index contributed by atoms with van der Waals surface area (Å²) in [6.07, 6.45) is -6.44. The average Bonchev–Trinajstić information content (AvgIpc) is 3.79. The van der Waals surface area contributed by atoms with Crippen LogP contribution in [0.25, 0.3) is 0 Å². The Morgan fingerprint density at radius 1 is 0.710 bits per heavy atom. The monoisotopic (exact) mass is 1150 g/mol. The minimum Gasteiger partial charge on any atom is -0.365 e. The number of phosphoric acid groups is 6. The molecular formula is C27H43N7O27P6S2. The molecule has 2 saturated heterocycles. The molecule has 1 aromatic rings. The minimum absolute atomic E-state index is 0.0516. The Hall–Kier alpha value is -1.95. The maximum atomic E-state index is 12.9. The SMILES string of the molecule is NCC#CC1=CN([C@H]2CC(OCSCSCOC3C[C@H](n4cc(C#CCN)c(=O)[nH]c4=O)O[C@@H]3COP(=O)(O)OP(=O)(O)OP(=O)(O)O)[C@@H](COP(=O)(O)OP(=O)(O)OP(=O)(O)O)O2)C(=O)NC1N. The Kier molecular flexibility index (Phi) is 21.9. The zero-order chi connectivity index (χ0) is 51.6. The first-order valence-electron chi connectivity index (χ1n) is 18.5. The van der Waals surface area contributed by atoms with Crippen LogP contribution in [0.5, 0.6) is 0 Å². The van der Waals surface area contributed by atoms with Crippen molar-refractivity contribution in [2.24, 2.45) is 17.2 Å². The zero-order valence-corrected chi connectivity index (χ0v) is 41.5. The maximum absolute atomic E-state index is 12.9. The summed E-state index contributed by atoms with van der Waals surface area (Å²) in [4.78, 5) is 115. The van der Waals surface area contributed by atoms with Crippen LogP contribution >= 0.6 is 70.5 Å². The fourth-order valence-electron chi connectivity index (χ4n) is 5.72. The van der Waals surface area contributed by atoms with Crippen LogP contribution in [0.15, 0.2) is 27.6 Å². The van der Waals surface area contributed by atoms with E-state index in [1.165, 1.54) is 6.20 Å². The lowest BCUT2D eigenvalue weighted by molar-refractivity contribution is -0.0610. The van der Waals surface area contributed by atoms with E-state index in [4.69, 9.17) is 64.8 Å². The van der Waals surface area contributed by atoms with Crippen molar-refractivity contribution >= 4 is 76.5 Å². The van der Waals surface area contributed by atoms with Gasteiger partial charge in [-0.1, -0.05) is 23.7 Å². The van der Waals surface area contributed by atoms with E-state index in [-0.39, 0.29) is 54.0 Å². The first-order valence-corrected chi connectivity index (χ1v) is 29.8. The number of hydrogen-bond donors (Lipinski definition) is 13. The van der Waals surface area contributed by atoms with E-state index in [9.17, 15) is 61.3 Å². The normalized spacial score (nSPS) is 26.5. The summed E-state index contributed by atoms with van der Waals surface area (Å²) in [5.74, 6) is 9.85. The molecule has 0 bridgehead atoms. The molecule has 16 N–H and O–H groups in total. The van der Waals surface area contributed by atoms with Gasteiger partial charge in [0.2, 0.25) is 0 Å². The van der Waals surface area contributed by atoms with Gasteiger partial charge in [0.15, 0.2) is 0 Å². The first kappa shape index (κ1) is 59.6. The van der Waals surface area contributed by atoms with Gasteiger partial charge < -0.3 is 80.6 Å². The molecular weight excluding hydrogens is 1100 g/mol. The summed E-state index contributed by atoms with van der Waals surface area (Å²) < 4.78 is 119. The number of rotatable bonds is 24. The van der Waals surface area contributed by atoms with Crippen molar-refractivity contribution in [3.8, 4) is 23.7 Å². The van der Waals surface area contributed by atoms with Gasteiger partial charge in [-0.15, -0.1) is 23.5 Å². The highest BCUT2D eigenvalue weighted by Gasteiger charge is 2.46. The number of aromatic amines is 1. The number of phosphoric ester groups is 2. The van der Waals surface area contributed by atoms with Gasteiger partial charge in [-0.2, -0.15) is 17.2 Å². The van der Waals surface area contributed by atoms with Gasteiger partial charge in [0.25, 0.3) is 5.56 Å². The summed E-state index contributed by atoms with van der Waals surface area (Å²) >= 11 is 2.20. The lowest BCUT2D eigenvalue weighted by Gasteiger charge is -2.32. The van der Waals surface area contributed by atoms with Crippen LogP contribution in [0.2, 0.25) is 0 Å². The topological polar surface area (TPSA) is 522 Å². The average molecular weight is 1150 g/mol. The number of ether oxygens (including phenoxy) is 4.